The van der Waals surface area contributed by atoms with Crippen LogP contribution in [0.15, 0.2) is 18.2 Å². The van der Waals surface area contributed by atoms with Crippen molar-refractivity contribution >= 4 is 17.3 Å². The van der Waals surface area contributed by atoms with Crippen molar-refractivity contribution in [2.24, 2.45) is 5.41 Å². The zero-order valence-electron chi connectivity index (χ0n) is 9.87. The molecule has 2 rings (SSSR count). The highest BCUT2D eigenvalue weighted by Gasteiger charge is 2.45. The number of nitrogens with zero attached hydrogens (tertiary/aromatic N) is 1. The van der Waals surface area contributed by atoms with Gasteiger partial charge in [0.2, 0.25) is 0 Å². The molecule has 0 heterocycles. The molecule has 1 aliphatic rings. The predicted octanol–water partition coefficient (Wildman–Crippen LogP) is 3.14. The molecule has 0 radical (unpaired) electrons. The van der Waals surface area contributed by atoms with E-state index in [2.05, 4.69) is 19.2 Å². The summed E-state index contributed by atoms with van der Waals surface area (Å²) in [5.41, 5.74) is 1.08. The second-order valence-corrected chi connectivity index (χ2v) is 5.59. The first-order chi connectivity index (χ1) is 7.90. The highest BCUT2D eigenvalue weighted by atomic mass is 35.5. The number of nitro groups is 1. The van der Waals surface area contributed by atoms with Crippen molar-refractivity contribution in [3.8, 4) is 0 Å². The molecule has 4 nitrogen and oxygen atoms in total. The van der Waals surface area contributed by atoms with Crippen LogP contribution in [0.4, 0.5) is 5.69 Å². The fraction of sp³-hybridized carbons (Fsp3) is 0.500. The molecule has 92 valence electrons. The minimum atomic E-state index is -0.370. The summed E-state index contributed by atoms with van der Waals surface area (Å²) < 4.78 is 0. The Morgan fingerprint density at radius 1 is 1.59 bits per heavy atom. The summed E-state index contributed by atoms with van der Waals surface area (Å²) in [6, 6.07) is 5.10. The Bertz CT molecular complexity index is 460. The summed E-state index contributed by atoms with van der Waals surface area (Å²) in [6.07, 6.45) is 1.11. The fourth-order valence-corrected chi connectivity index (χ4v) is 2.12. The molecule has 0 saturated heterocycles. The third kappa shape index (κ3) is 2.76. The summed E-state index contributed by atoms with van der Waals surface area (Å²) in [5.74, 6) is 0. The SMILES string of the molecule is CC1(C)CC1NCc1cc(Cl)ccc1[N+](=O)[O-]. The summed E-state index contributed by atoms with van der Waals surface area (Å²) >= 11 is 5.86. The molecule has 0 aliphatic heterocycles. The quantitative estimate of drug-likeness (QED) is 0.663. The van der Waals surface area contributed by atoms with Crippen molar-refractivity contribution in [2.75, 3.05) is 0 Å². The van der Waals surface area contributed by atoms with E-state index >= 15 is 0 Å². The number of rotatable bonds is 4. The van der Waals surface area contributed by atoms with E-state index in [1.54, 1.807) is 12.1 Å². The Balaban J connectivity index is 2.09. The number of hydrogen-bond donors (Lipinski definition) is 1. The smallest absolute Gasteiger partial charge is 0.273 e. The van der Waals surface area contributed by atoms with Crippen LogP contribution < -0.4 is 5.32 Å². The van der Waals surface area contributed by atoms with Crippen molar-refractivity contribution < 1.29 is 4.92 Å². The third-order valence-corrected chi connectivity index (χ3v) is 3.53. The molecule has 1 aromatic carbocycles. The fourth-order valence-electron chi connectivity index (χ4n) is 1.92. The maximum atomic E-state index is 10.9. The number of nitro benzene ring substituents is 1. The van der Waals surface area contributed by atoms with Crippen LogP contribution in [-0.2, 0) is 6.54 Å². The molecule has 1 atom stereocenters. The van der Waals surface area contributed by atoms with E-state index in [9.17, 15) is 10.1 Å². The zero-order valence-corrected chi connectivity index (χ0v) is 10.6. The largest absolute Gasteiger partial charge is 0.309 e. The topological polar surface area (TPSA) is 55.2 Å². The molecule has 1 aliphatic carbocycles. The minimum Gasteiger partial charge on any atom is -0.309 e. The summed E-state index contributed by atoms with van der Waals surface area (Å²) in [4.78, 5) is 10.5. The van der Waals surface area contributed by atoms with Gasteiger partial charge in [-0.3, -0.25) is 10.1 Å². The molecule has 5 heteroatoms. The van der Waals surface area contributed by atoms with Gasteiger partial charge in [-0.05, 0) is 24.0 Å². The first-order valence-electron chi connectivity index (χ1n) is 5.56. The summed E-state index contributed by atoms with van der Waals surface area (Å²) in [6.45, 7) is 4.85. The van der Waals surface area contributed by atoms with Gasteiger partial charge in [-0.15, -0.1) is 0 Å². The van der Waals surface area contributed by atoms with E-state index in [0.717, 1.165) is 6.42 Å². The van der Waals surface area contributed by atoms with Gasteiger partial charge in [0, 0.05) is 29.2 Å². The van der Waals surface area contributed by atoms with Crippen LogP contribution in [0.5, 0.6) is 0 Å². The Hall–Kier alpha value is -1.13. The van der Waals surface area contributed by atoms with Crippen LogP contribution >= 0.6 is 11.6 Å². The molecule has 0 amide bonds. The van der Waals surface area contributed by atoms with E-state index in [0.29, 0.717) is 28.6 Å². The van der Waals surface area contributed by atoms with Gasteiger partial charge in [0.25, 0.3) is 5.69 Å². The second-order valence-electron chi connectivity index (χ2n) is 5.16. The first-order valence-corrected chi connectivity index (χ1v) is 5.94. The standard InChI is InChI=1S/C12H15ClN2O2/c1-12(2)6-11(12)14-7-8-5-9(13)3-4-10(8)15(16)17/h3-5,11,14H,6-7H2,1-2H3. The van der Waals surface area contributed by atoms with Crippen LogP contribution in [0, 0.1) is 15.5 Å². The van der Waals surface area contributed by atoms with Crippen molar-refractivity contribution in [1.82, 2.24) is 5.32 Å². The van der Waals surface area contributed by atoms with Crippen LogP contribution in [0.25, 0.3) is 0 Å². The molecule has 1 unspecified atom stereocenters. The molecule has 0 bridgehead atoms. The Morgan fingerprint density at radius 2 is 2.24 bits per heavy atom. The van der Waals surface area contributed by atoms with Crippen LogP contribution in [0.1, 0.15) is 25.8 Å². The van der Waals surface area contributed by atoms with Gasteiger partial charge in [0.1, 0.15) is 0 Å². The molecule has 1 aromatic rings. The maximum absolute atomic E-state index is 10.9. The van der Waals surface area contributed by atoms with Crippen molar-refractivity contribution in [3.63, 3.8) is 0 Å². The Labute approximate surface area is 105 Å². The molecular weight excluding hydrogens is 240 g/mol. The Morgan fingerprint density at radius 3 is 2.76 bits per heavy atom. The van der Waals surface area contributed by atoms with Gasteiger partial charge in [-0.25, -0.2) is 0 Å². The van der Waals surface area contributed by atoms with Crippen molar-refractivity contribution in [2.45, 2.75) is 32.9 Å². The molecular formula is C12H15ClN2O2. The monoisotopic (exact) mass is 254 g/mol. The van der Waals surface area contributed by atoms with Gasteiger partial charge in [-0.1, -0.05) is 25.4 Å². The number of halogens is 1. The second kappa shape index (κ2) is 4.27. The number of hydrogen-bond acceptors (Lipinski definition) is 3. The first kappa shape index (κ1) is 12.3. The van der Waals surface area contributed by atoms with Crippen LogP contribution in [-0.4, -0.2) is 11.0 Å². The molecule has 1 saturated carbocycles. The van der Waals surface area contributed by atoms with E-state index < -0.39 is 0 Å². The lowest BCUT2D eigenvalue weighted by Gasteiger charge is -2.07. The van der Waals surface area contributed by atoms with E-state index in [4.69, 9.17) is 11.6 Å². The predicted molar refractivity (Wildman–Crippen MR) is 67.1 cm³/mol. The van der Waals surface area contributed by atoms with Crippen molar-refractivity contribution in [3.05, 3.63) is 38.9 Å². The minimum absolute atomic E-state index is 0.125. The van der Waals surface area contributed by atoms with Gasteiger partial charge in [0.15, 0.2) is 0 Å². The molecule has 0 spiro atoms. The number of benzene rings is 1. The lowest BCUT2D eigenvalue weighted by molar-refractivity contribution is -0.385. The lowest BCUT2D eigenvalue weighted by atomic mass is 10.1. The van der Waals surface area contributed by atoms with Gasteiger partial charge < -0.3 is 5.32 Å². The maximum Gasteiger partial charge on any atom is 0.273 e. The average Bonchev–Trinajstić information content (AvgIpc) is 2.83. The highest BCUT2D eigenvalue weighted by molar-refractivity contribution is 6.30. The third-order valence-electron chi connectivity index (χ3n) is 3.29. The molecule has 1 fully saturated rings. The van der Waals surface area contributed by atoms with Crippen molar-refractivity contribution in [1.29, 1.82) is 0 Å². The lowest BCUT2D eigenvalue weighted by Crippen LogP contribution is -2.20. The van der Waals surface area contributed by atoms with Gasteiger partial charge in [-0.2, -0.15) is 0 Å². The van der Waals surface area contributed by atoms with Crippen LogP contribution in [0.2, 0.25) is 5.02 Å². The molecule has 0 aromatic heterocycles. The number of nitrogens with one attached hydrogen (secondary N) is 1. The molecule has 17 heavy (non-hydrogen) atoms. The van der Waals surface area contributed by atoms with Gasteiger partial charge >= 0.3 is 0 Å². The zero-order chi connectivity index (χ0) is 12.6. The summed E-state index contributed by atoms with van der Waals surface area (Å²) in [7, 11) is 0. The van der Waals surface area contributed by atoms with E-state index in [-0.39, 0.29) is 10.6 Å². The average molecular weight is 255 g/mol. The molecule has 1 N–H and O–H groups in total. The van der Waals surface area contributed by atoms with Crippen LogP contribution in [0.3, 0.4) is 0 Å². The Kier molecular flexibility index (Phi) is 3.10. The van der Waals surface area contributed by atoms with E-state index in [1.807, 2.05) is 0 Å². The van der Waals surface area contributed by atoms with E-state index in [1.165, 1.54) is 6.07 Å². The summed E-state index contributed by atoms with van der Waals surface area (Å²) in [5, 5.41) is 14.7. The normalized spacial score (nSPS) is 21.2. The highest BCUT2D eigenvalue weighted by Crippen LogP contribution is 2.44. The van der Waals surface area contributed by atoms with Gasteiger partial charge in [0.05, 0.1) is 4.92 Å².